The van der Waals surface area contributed by atoms with Gasteiger partial charge in [-0.1, -0.05) is 76.9 Å². The van der Waals surface area contributed by atoms with Crippen LogP contribution in [0, 0.1) is 5.82 Å². The second-order valence-electron chi connectivity index (χ2n) is 8.42. The Morgan fingerprint density at radius 2 is 1.70 bits per heavy atom. The predicted octanol–water partition coefficient (Wildman–Crippen LogP) is 5.47. The molecule has 37 heavy (non-hydrogen) atoms. The SMILES string of the molecule is C.C.C.C[C@@H]1C/C=C/COc2c(F)cccc2[C@@H](c2ccccc2)N2CN1C(=O)c1c(O)c(=O)ccn12. The highest BCUT2D eigenvalue weighted by molar-refractivity contribution is 5.96. The molecule has 2 atom stereocenters. The van der Waals surface area contributed by atoms with Crippen molar-refractivity contribution in [1.82, 2.24) is 9.58 Å². The van der Waals surface area contributed by atoms with E-state index in [0.29, 0.717) is 12.0 Å². The standard InChI is InChI=1S/C26H24FN3O4.3CH4/c1-17-8-5-6-15-34-25-19(11-7-12-20(25)27)22(18-9-3-2-4-10-18)30-16-28(17)26(33)23-24(32)21(31)13-14-29(23)30;;;/h2-7,9-14,17,22,32H,8,15-16H2,1H3;3*1H4/b6-5+;;;/t17-,22-;;;/m1.../s1. The number of carbonyl (C=O) groups excluding carboxylic acids is 1. The van der Waals surface area contributed by atoms with Gasteiger partial charge in [-0.05, 0) is 25.0 Å². The summed E-state index contributed by atoms with van der Waals surface area (Å²) in [4.78, 5) is 27.3. The maximum absolute atomic E-state index is 15.0. The molecule has 0 spiro atoms. The molecule has 0 fully saturated rings. The topological polar surface area (TPSA) is 75.0 Å². The molecule has 0 saturated carbocycles. The molecular weight excluding hydrogens is 473 g/mol. The number of aromatic hydroxyl groups is 1. The van der Waals surface area contributed by atoms with E-state index in [1.54, 1.807) is 23.1 Å². The van der Waals surface area contributed by atoms with Crippen molar-refractivity contribution < 1.29 is 19.0 Å². The van der Waals surface area contributed by atoms with Crippen molar-refractivity contribution in [2.45, 2.75) is 47.7 Å². The van der Waals surface area contributed by atoms with Crippen LogP contribution in [0.2, 0.25) is 0 Å². The van der Waals surface area contributed by atoms with Gasteiger partial charge in [0.25, 0.3) is 5.91 Å². The van der Waals surface area contributed by atoms with Crippen LogP contribution in [0.25, 0.3) is 0 Å². The van der Waals surface area contributed by atoms with Gasteiger partial charge in [-0.3, -0.25) is 19.3 Å². The van der Waals surface area contributed by atoms with Crippen LogP contribution in [-0.2, 0) is 0 Å². The van der Waals surface area contributed by atoms with Crippen LogP contribution in [0.4, 0.5) is 4.39 Å². The monoisotopic (exact) mass is 509 g/mol. The normalized spacial score (nSPS) is 19.2. The van der Waals surface area contributed by atoms with Gasteiger partial charge in [0.15, 0.2) is 23.0 Å². The highest BCUT2D eigenvalue weighted by atomic mass is 19.1. The zero-order chi connectivity index (χ0) is 23.8. The first kappa shape index (κ1) is 29.2. The maximum atomic E-state index is 15.0. The molecule has 2 aliphatic rings. The van der Waals surface area contributed by atoms with E-state index in [0.717, 1.165) is 5.56 Å². The Morgan fingerprint density at radius 1 is 0.973 bits per heavy atom. The van der Waals surface area contributed by atoms with E-state index >= 15 is 4.39 Å². The Kier molecular flexibility index (Phi) is 9.28. The molecule has 3 aromatic rings. The molecule has 2 aliphatic heterocycles. The Balaban J connectivity index is 0.00000160. The van der Waals surface area contributed by atoms with Crippen LogP contribution in [0.5, 0.6) is 11.5 Å². The lowest BCUT2D eigenvalue weighted by molar-refractivity contribution is 0.0606. The lowest BCUT2D eigenvalue weighted by atomic mass is 9.96. The van der Waals surface area contributed by atoms with Crippen molar-refractivity contribution in [1.29, 1.82) is 0 Å². The molecule has 1 amide bonds. The number of hydrogen-bond acceptors (Lipinski definition) is 5. The van der Waals surface area contributed by atoms with Gasteiger partial charge in [0.05, 0.1) is 0 Å². The molecular formula is C29H36FN3O4. The van der Waals surface area contributed by atoms with E-state index in [9.17, 15) is 14.7 Å². The molecule has 0 radical (unpaired) electrons. The summed E-state index contributed by atoms with van der Waals surface area (Å²) >= 11 is 0. The molecule has 2 aromatic carbocycles. The zero-order valence-corrected chi connectivity index (χ0v) is 18.6. The van der Waals surface area contributed by atoms with Gasteiger partial charge in [0.1, 0.15) is 19.3 Å². The second kappa shape index (κ2) is 11.8. The lowest BCUT2D eigenvalue weighted by Gasteiger charge is -2.46. The average molecular weight is 510 g/mol. The minimum absolute atomic E-state index is 0. The summed E-state index contributed by atoms with van der Waals surface area (Å²) in [6.45, 7) is 2.24. The number of carbonyl (C=O) groups is 1. The number of fused-ring (bicyclic) bond motifs is 5. The molecule has 8 heteroatoms. The number of amides is 1. The van der Waals surface area contributed by atoms with Gasteiger partial charge >= 0.3 is 0 Å². The largest absolute Gasteiger partial charge is 0.502 e. The fourth-order valence-corrected chi connectivity index (χ4v) is 4.56. The number of nitrogens with zero attached hydrogens (tertiary/aromatic N) is 3. The van der Waals surface area contributed by atoms with Gasteiger partial charge in [-0.2, -0.15) is 0 Å². The summed E-state index contributed by atoms with van der Waals surface area (Å²) in [5.41, 5.74) is 0.635. The number of halogens is 1. The van der Waals surface area contributed by atoms with E-state index < -0.39 is 28.9 Å². The van der Waals surface area contributed by atoms with Crippen LogP contribution in [0.15, 0.2) is 77.7 Å². The molecule has 0 unspecified atom stereocenters. The van der Waals surface area contributed by atoms with Crippen LogP contribution in [0.3, 0.4) is 0 Å². The number of pyridine rings is 1. The minimum Gasteiger partial charge on any atom is -0.502 e. The Bertz CT molecular complexity index is 1320. The molecule has 2 bridgehead atoms. The van der Waals surface area contributed by atoms with Crippen LogP contribution >= 0.6 is 0 Å². The van der Waals surface area contributed by atoms with Gasteiger partial charge in [-0.25, -0.2) is 4.39 Å². The third-order valence-corrected chi connectivity index (χ3v) is 6.30. The van der Waals surface area contributed by atoms with E-state index in [-0.39, 0.29) is 53.0 Å². The number of hydrogen-bond donors (Lipinski definition) is 1. The summed E-state index contributed by atoms with van der Waals surface area (Å²) < 4.78 is 22.4. The van der Waals surface area contributed by atoms with Crippen molar-refractivity contribution in [2.75, 3.05) is 18.3 Å². The number of rotatable bonds is 1. The van der Waals surface area contributed by atoms with Crippen LogP contribution in [-0.4, -0.2) is 39.9 Å². The van der Waals surface area contributed by atoms with Gasteiger partial charge in [0.2, 0.25) is 5.43 Å². The zero-order valence-electron chi connectivity index (χ0n) is 18.6. The predicted molar refractivity (Wildman–Crippen MR) is 145 cm³/mol. The first-order chi connectivity index (χ1) is 16.5. The van der Waals surface area contributed by atoms with Crippen molar-refractivity contribution in [3.05, 3.63) is 106 Å². The fraction of sp³-hybridized carbons (Fsp3) is 0.310. The van der Waals surface area contributed by atoms with E-state index in [2.05, 4.69) is 0 Å². The summed E-state index contributed by atoms with van der Waals surface area (Å²) in [7, 11) is 0. The third kappa shape index (κ3) is 5.09. The van der Waals surface area contributed by atoms with E-state index in [4.69, 9.17) is 4.74 Å². The molecule has 3 heterocycles. The molecule has 5 rings (SSSR count). The summed E-state index contributed by atoms with van der Waals surface area (Å²) in [5.74, 6) is -1.43. The first-order valence-corrected chi connectivity index (χ1v) is 11.1. The highest BCUT2D eigenvalue weighted by Crippen LogP contribution is 2.38. The summed E-state index contributed by atoms with van der Waals surface area (Å²) in [6.07, 6.45) is 5.68. The lowest BCUT2D eigenvalue weighted by Crippen LogP contribution is -2.57. The van der Waals surface area contributed by atoms with E-state index in [1.807, 2.05) is 48.3 Å². The quantitative estimate of drug-likeness (QED) is 0.441. The molecule has 198 valence electrons. The Hall–Kier alpha value is -4.07. The first-order valence-electron chi connectivity index (χ1n) is 11.1. The number of para-hydroxylation sites is 1. The summed E-state index contributed by atoms with van der Waals surface area (Å²) in [6, 6.07) is 14.6. The van der Waals surface area contributed by atoms with Crippen molar-refractivity contribution in [3.63, 3.8) is 0 Å². The maximum Gasteiger partial charge on any atom is 0.278 e. The number of benzene rings is 2. The van der Waals surface area contributed by atoms with Gasteiger partial charge < -0.3 is 14.7 Å². The Morgan fingerprint density at radius 3 is 2.43 bits per heavy atom. The van der Waals surface area contributed by atoms with Gasteiger partial charge in [-0.15, -0.1) is 0 Å². The van der Waals surface area contributed by atoms with Crippen LogP contribution in [0.1, 0.15) is 63.3 Å². The Labute approximate surface area is 218 Å². The van der Waals surface area contributed by atoms with Crippen molar-refractivity contribution in [2.24, 2.45) is 0 Å². The minimum atomic E-state index is -0.638. The van der Waals surface area contributed by atoms with Crippen molar-refractivity contribution in [3.8, 4) is 11.5 Å². The fourth-order valence-electron chi connectivity index (χ4n) is 4.56. The highest BCUT2D eigenvalue weighted by Gasteiger charge is 2.39. The molecule has 7 nitrogen and oxygen atoms in total. The number of aromatic nitrogens is 1. The molecule has 0 saturated heterocycles. The molecule has 1 aromatic heterocycles. The number of ether oxygens (including phenoxy) is 1. The second-order valence-corrected chi connectivity index (χ2v) is 8.42. The molecule has 0 aliphatic carbocycles. The van der Waals surface area contributed by atoms with E-state index in [1.165, 1.54) is 23.0 Å². The summed E-state index contributed by atoms with van der Waals surface area (Å²) in [5, 5.41) is 12.5. The van der Waals surface area contributed by atoms with Crippen molar-refractivity contribution >= 4 is 5.91 Å². The van der Waals surface area contributed by atoms with Crippen LogP contribution < -0.4 is 15.2 Å². The smallest absolute Gasteiger partial charge is 0.278 e. The average Bonchev–Trinajstić information content (AvgIpc) is 2.83. The van der Waals surface area contributed by atoms with Gasteiger partial charge in [0, 0.05) is 23.9 Å². The third-order valence-electron chi connectivity index (χ3n) is 6.30. The molecule has 1 N–H and O–H groups in total.